The number of aliphatic hydroxyl groups excluding tert-OH is 1. The van der Waals surface area contributed by atoms with Gasteiger partial charge in [-0.25, -0.2) is 0 Å². The summed E-state index contributed by atoms with van der Waals surface area (Å²) in [4.78, 5) is 25.0. The molecule has 116 valence electrons. The van der Waals surface area contributed by atoms with Crippen molar-refractivity contribution in [2.45, 2.75) is 33.3 Å². The number of aryl methyl sites for hydroxylation is 1. The lowest BCUT2D eigenvalue weighted by Crippen LogP contribution is -2.38. The zero-order chi connectivity index (χ0) is 15.8. The van der Waals surface area contributed by atoms with Crippen LogP contribution < -0.4 is 5.32 Å². The number of nitrogens with one attached hydrogen (secondary N) is 1. The Balaban J connectivity index is 2.62. The van der Waals surface area contributed by atoms with Gasteiger partial charge in [-0.3, -0.25) is 9.59 Å². The second-order valence-electron chi connectivity index (χ2n) is 4.99. The summed E-state index contributed by atoms with van der Waals surface area (Å²) in [6.07, 6.45) is -0.925. The molecule has 5 nitrogen and oxygen atoms in total. The maximum absolute atomic E-state index is 12.0. The molecule has 0 radical (unpaired) electrons. The van der Waals surface area contributed by atoms with E-state index in [1.165, 1.54) is 4.90 Å². The third-order valence-electron chi connectivity index (χ3n) is 3.28. The molecule has 0 aromatic heterocycles. The van der Waals surface area contributed by atoms with Crippen molar-refractivity contribution in [2.75, 3.05) is 19.6 Å². The van der Waals surface area contributed by atoms with Crippen LogP contribution in [0.3, 0.4) is 0 Å². The van der Waals surface area contributed by atoms with Crippen LogP contribution in [0.15, 0.2) is 24.3 Å². The van der Waals surface area contributed by atoms with Crippen LogP contribution in [0.4, 0.5) is 0 Å². The molecule has 0 heterocycles. The molecule has 1 atom stereocenters. The van der Waals surface area contributed by atoms with E-state index in [2.05, 4.69) is 5.32 Å². The lowest BCUT2D eigenvalue weighted by Gasteiger charge is -2.24. The quantitative estimate of drug-likeness (QED) is 0.746. The molecule has 1 aromatic carbocycles. The Hall–Kier alpha value is -1.88. The molecule has 0 aliphatic carbocycles. The van der Waals surface area contributed by atoms with Crippen molar-refractivity contribution in [3.8, 4) is 0 Å². The summed E-state index contributed by atoms with van der Waals surface area (Å²) >= 11 is 0. The van der Waals surface area contributed by atoms with Gasteiger partial charge in [0.25, 0.3) is 0 Å². The molecule has 0 bridgehead atoms. The van der Waals surface area contributed by atoms with E-state index in [4.69, 9.17) is 0 Å². The van der Waals surface area contributed by atoms with Crippen LogP contribution in [0.25, 0.3) is 0 Å². The smallest absolute Gasteiger partial charge is 0.232 e. The molecule has 5 heteroatoms. The van der Waals surface area contributed by atoms with Crippen molar-refractivity contribution < 1.29 is 14.7 Å². The van der Waals surface area contributed by atoms with E-state index in [1.807, 2.05) is 38.1 Å². The number of carbonyl (C=O) groups excluding carboxylic acids is 2. The summed E-state index contributed by atoms with van der Waals surface area (Å²) in [6.45, 7) is 6.77. The number of carbonyl (C=O) groups is 2. The van der Waals surface area contributed by atoms with Gasteiger partial charge in [0, 0.05) is 13.1 Å². The highest BCUT2D eigenvalue weighted by Gasteiger charge is 2.19. The first-order valence-electron chi connectivity index (χ1n) is 7.27. The molecule has 0 aliphatic heterocycles. The fourth-order valence-corrected chi connectivity index (χ4v) is 2.02. The fraction of sp³-hybridized carbons (Fsp3) is 0.500. The van der Waals surface area contributed by atoms with E-state index < -0.39 is 6.10 Å². The molecule has 0 fully saturated rings. The molecule has 0 aliphatic rings. The highest BCUT2D eigenvalue weighted by Crippen LogP contribution is 2.15. The van der Waals surface area contributed by atoms with E-state index in [-0.39, 0.29) is 24.8 Å². The first-order chi connectivity index (χ1) is 9.97. The van der Waals surface area contributed by atoms with Crippen LogP contribution in [0.5, 0.6) is 0 Å². The highest BCUT2D eigenvalue weighted by atomic mass is 16.3. The number of hydrogen-bond donors (Lipinski definition) is 2. The van der Waals surface area contributed by atoms with E-state index >= 15 is 0 Å². The van der Waals surface area contributed by atoms with Crippen LogP contribution in [-0.2, 0) is 9.59 Å². The number of aliphatic hydroxyl groups is 1. The second-order valence-corrected chi connectivity index (χ2v) is 4.99. The molecular formula is C16H24N2O3. The van der Waals surface area contributed by atoms with Crippen LogP contribution in [0.2, 0.25) is 0 Å². The van der Waals surface area contributed by atoms with Gasteiger partial charge < -0.3 is 15.3 Å². The molecule has 21 heavy (non-hydrogen) atoms. The van der Waals surface area contributed by atoms with E-state index in [9.17, 15) is 14.7 Å². The number of nitrogens with zero attached hydrogens (tertiary/aromatic N) is 1. The maximum atomic E-state index is 12.0. The van der Waals surface area contributed by atoms with Gasteiger partial charge in [0.1, 0.15) is 6.42 Å². The molecule has 1 unspecified atom stereocenters. The number of hydrogen-bond acceptors (Lipinski definition) is 3. The van der Waals surface area contributed by atoms with Gasteiger partial charge in [-0.2, -0.15) is 0 Å². The molecule has 2 N–H and O–H groups in total. The van der Waals surface area contributed by atoms with Crippen molar-refractivity contribution in [1.82, 2.24) is 10.2 Å². The van der Waals surface area contributed by atoms with E-state index in [0.29, 0.717) is 13.1 Å². The zero-order valence-electron chi connectivity index (χ0n) is 12.9. The van der Waals surface area contributed by atoms with Crippen molar-refractivity contribution in [3.05, 3.63) is 35.4 Å². The Morgan fingerprint density at radius 3 is 2.38 bits per heavy atom. The molecule has 1 aromatic rings. The van der Waals surface area contributed by atoms with Crippen molar-refractivity contribution in [3.63, 3.8) is 0 Å². The van der Waals surface area contributed by atoms with Crippen LogP contribution in [0, 0.1) is 6.92 Å². The molecule has 0 saturated carbocycles. The second kappa shape index (κ2) is 8.42. The van der Waals surface area contributed by atoms with Crippen LogP contribution in [-0.4, -0.2) is 41.5 Å². The first kappa shape index (κ1) is 17.2. The minimum absolute atomic E-state index is 0.178. The number of benzene rings is 1. The average Bonchev–Trinajstić information content (AvgIpc) is 2.45. The van der Waals surface area contributed by atoms with Gasteiger partial charge in [-0.15, -0.1) is 0 Å². The summed E-state index contributed by atoms with van der Waals surface area (Å²) in [7, 11) is 0. The predicted molar refractivity (Wildman–Crippen MR) is 81.7 cm³/mol. The standard InChI is InChI=1S/C16H24N2O3/c1-4-17-15(20)10-16(21)18(5-2)11-14(19)13-8-6-12(3)7-9-13/h6-9,14,19H,4-5,10-11H2,1-3H3,(H,17,20). The topological polar surface area (TPSA) is 69.6 Å². The minimum Gasteiger partial charge on any atom is -0.387 e. The van der Waals surface area contributed by atoms with Crippen LogP contribution in [0.1, 0.15) is 37.5 Å². The van der Waals surface area contributed by atoms with Gasteiger partial charge in [-0.1, -0.05) is 29.8 Å². The first-order valence-corrected chi connectivity index (χ1v) is 7.27. The van der Waals surface area contributed by atoms with Gasteiger partial charge in [0.2, 0.25) is 11.8 Å². The van der Waals surface area contributed by atoms with Crippen molar-refractivity contribution in [1.29, 1.82) is 0 Å². The van der Waals surface area contributed by atoms with Crippen molar-refractivity contribution in [2.24, 2.45) is 0 Å². The Kier molecular flexibility index (Phi) is 6.88. The molecule has 2 amide bonds. The van der Waals surface area contributed by atoms with Gasteiger partial charge >= 0.3 is 0 Å². The third kappa shape index (κ3) is 5.55. The number of amides is 2. The normalized spacial score (nSPS) is 11.8. The summed E-state index contributed by atoms with van der Waals surface area (Å²) in [5.41, 5.74) is 1.88. The largest absolute Gasteiger partial charge is 0.387 e. The fourth-order valence-electron chi connectivity index (χ4n) is 2.02. The number of rotatable bonds is 7. The third-order valence-corrected chi connectivity index (χ3v) is 3.28. The monoisotopic (exact) mass is 292 g/mol. The summed E-state index contributed by atoms with van der Waals surface area (Å²) < 4.78 is 0. The Morgan fingerprint density at radius 2 is 1.86 bits per heavy atom. The highest BCUT2D eigenvalue weighted by molar-refractivity contribution is 5.96. The Bertz CT molecular complexity index is 471. The molecule has 0 saturated heterocycles. The lowest BCUT2D eigenvalue weighted by molar-refractivity contribution is -0.137. The molecular weight excluding hydrogens is 268 g/mol. The van der Waals surface area contributed by atoms with Gasteiger partial charge in [0.15, 0.2) is 0 Å². The summed E-state index contributed by atoms with van der Waals surface area (Å²) in [6, 6.07) is 7.54. The van der Waals surface area contributed by atoms with Crippen LogP contribution >= 0.6 is 0 Å². The van der Waals surface area contributed by atoms with Gasteiger partial charge in [0.05, 0.1) is 12.6 Å². The van der Waals surface area contributed by atoms with Crippen molar-refractivity contribution >= 4 is 11.8 Å². The Morgan fingerprint density at radius 1 is 1.24 bits per heavy atom. The zero-order valence-corrected chi connectivity index (χ0v) is 12.9. The summed E-state index contributed by atoms with van der Waals surface area (Å²) in [5, 5.41) is 12.8. The van der Waals surface area contributed by atoms with E-state index in [1.54, 1.807) is 6.92 Å². The van der Waals surface area contributed by atoms with Gasteiger partial charge in [-0.05, 0) is 26.3 Å². The maximum Gasteiger partial charge on any atom is 0.232 e. The molecule has 1 rings (SSSR count). The lowest BCUT2D eigenvalue weighted by atomic mass is 10.1. The average molecular weight is 292 g/mol. The van der Waals surface area contributed by atoms with E-state index in [0.717, 1.165) is 11.1 Å². The Labute approximate surface area is 126 Å². The number of likely N-dealkylation sites (N-methyl/N-ethyl adjacent to an activating group) is 1. The predicted octanol–water partition coefficient (Wildman–Crippen LogP) is 1.40. The minimum atomic E-state index is -0.747. The molecule has 0 spiro atoms. The SMILES string of the molecule is CCNC(=O)CC(=O)N(CC)CC(O)c1ccc(C)cc1. The summed E-state index contributed by atoms with van der Waals surface area (Å²) in [5.74, 6) is -0.555.